The SMILES string of the molecule is CCN.CCNC(C)C. The quantitative estimate of drug-likeness (QED) is 0.587. The fraction of sp³-hybridized carbons (Fsp3) is 1.00. The van der Waals surface area contributed by atoms with Gasteiger partial charge in [0.15, 0.2) is 0 Å². The van der Waals surface area contributed by atoms with Crippen LogP contribution >= 0.6 is 0 Å². The third-order valence-corrected chi connectivity index (χ3v) is 0.612. The predicted molar refractivity (Wildman–Crippen MR) is 43.5 cm³/mol. The molecule has 0 rings (SSSR count). The first kappa shape index (κ1) is 11.7. The summed E-state index contributed by atoms with van der Waals surface area (Å²) in [5, 5.41) is 3.21. The molecule has 0 amide bonds. The predicted octanol–water partition coefficient (Wildman–Crippen LogP) is 0.969. The van der Waals surface area contributed by atoms with Crippen molar-refractivity contribution in [2.75, 3.05) is 13.1 Å². The van der Waals surface area contributed by atoms with Crippen molar-refractivity contribution in [3.05, 3.63) is 0 Å². The Morgan fingerprint density at radius 2 is 1.67 bits per heavy atom. The van der Waals surface area contributed by atoms with Gasteiger partial charge in [-0.25, -0.2) is 0 Å². The van der Waals surface area contributed by atoms with Crippen molar-refractivity contribution in [2.24, 2.45) is 5.73 Å². The Morgan fingerprint density at radius 1 is 1.33 bits per heavy atom. The molecule has 0 aromatic heterocycles. The standard InChI is InChI=1S/C5H13N.C2H7N/c1-4-6-5(2)3;1-2-3/h5-6H,4H2,1-3H3;2-3H2,1H3. The van der Waals surface area contributed by atoms with Gasteiger partial charge in [0.05, 0.1) is 0 Å². The highest BCUT2D eigenvalue weighted by molar-refractivity contribution is 4.46. The van der Waals surface area contributed by atoms with E-state index in [1.54, 1.807) is 0 Å². The molecule has 0 aliphatic heterocycles. The minimum Gasteiger partial charge on any atom is -0.331 e. The molecule has 2 nitrogen and oxygen atoms in total. The Kier molecular flexibility index (Phi) is 14.0. The zero-order valence-electron chi connectivity index (χ0n) is 7.07. The summed E-state index contributed by atoms with van der Waals surface area (Å²) in [5.41, 5.74) is 4.85. The molecule has 0 unspecified atom stereocenters. The summed E-state index contributed by atoms with van der Waals surface area (Å²) < 4.78 is 0. The maximum Gasteiger partial charge on any atom is 0.00102 e. The lowest BCUT2D eigenvalue weighted by atomic mass is 10.4. The zero-order chi connectivity index (χ0) is 7.70. The number of nitrogens with two attached hydrogens (primary N) is 1. The van der Waals surface area contributed by atoms with Crippen LogP contribution in [-0.4, -0.2) is 19.1 Å². The van der Waals surface area contributed by atoms with Crippen molar-refractivity contribution in [3.8, 4) is 0 Å². The number of nitrogens with one attached hydrogen (secondary N) is 1. The molecule has 0 aromatic carbocycles. The van der Waals surface area contributed by atoms with Crippen LogP contribution in [0.5, 0.6) is 0 Å². The van der Waals surface area contributed by atoms with Crippen LogP contribution in [0, 0.1) is 0 Å². The Bertz CT molecular complexity index is 35.9. The second kappa shape index (κ2) is 10.8. The molecule has 0 spiro atoms. The van der Waals surface area contributed by atoms with Gasteiger partial charge >= 0.3 is 0 Å². The first-order valence-electron chi connectivity index (χ1n) is 3.62. The first-order chi connectivity index (χ1) is 4.18. The van der Waals surface area contributed by atoms with Crippen LogP contribution in [0.3, 0.4) is 0 Å². The average Bonchev–Trinajstić information content (AvgIpc) is 1.67. The summed E-state index contributed by atoms with van der Waals surface area (Å²) in [6.07, 6.45) is 0. The maximum absolute atomic E-state index is 4.85. The summed E-state index contributed by atoms with van der Waals surface area (Å²) in [6, 6.07) is 0.648. The number of hydrogen-bond acceptors (Lipinski definition) is 2. The van der Waals surface area contributed by atoms with Crippen LogP contribution in [0.25, 0.3) is 0 Å². The van der Waals surface area contributed by atoms with Gasteiger partial charge in [-0.05, 0) is 13.1 Å². The van der Waals surface area contributed by atoms with E-state index in [0.717, 1.165) is 13.1 Å². The van der Waals surface area contributed by atoms with E-state index in [1.807, 2.05) is 6.92 Å². The summed E-state index contributed by atoms with van der Waals surface area (Å²) in [5.74, 6) is 0. The fourth-order valence-corrected chi connectivity index (χ4v) is 0.408. The number of rotatable bonds is 2. The molecule has 0 saturated heterocycles. The molecule has 0 aliphatic rings. The largest absolute Gasteiger partial charge is 0.331 e. The zero-order valence-corrected chi connectivity index (χ0v) is 7.07. The number of hydrogen-bond donors (Lipinski definition) is 2. The molecule has 0 radical (unpaired) electrons. The molecule has 0 atom stereocenters. The highest BCUT2D eigenvalue weighted by atomic mass is 14.9. The Balaban J connectivity index is 0. The van der Waals surface area contributed by atoms with E-state index in [4.69, 9.17) is 5.73 Å². The van der Waals surface area contributed by atoms with Crippen molar-refractivity contribution >= 4 is 0 Å². The highest BCUT2D eigenvalue weighted by Gasteiger charge is 1.82. The van der Waals surface area contributed by atoms with Gasteiger partial charge in [-0.2, -0.15) is 0 Å². The Morgan fingerprint density at radius 3 is 1.67 bits per heavy atom. The maximum atomic E-state index is 4.85. The molecule has 9 heavy (non-hydrogen) atoms. The van der Waals surface area contributed by atoms with Crippen LogP contribution in [0.1, 0.15) is 27.7 Å². The Labute approximate surface area is 58.8 Å². The van der Waals surface area contributed by atoms with Gasteiger partial charge in [-0.1, -0.05) is 27.7 Å². The third-order valence-electron chi connectivity index (χ3n) is 0.612. The van der Waals surface area contributed by atoms with E-state index in [2.05, 4.69) is 26.1 Å². The smallest absolute Gasteiger partial charge is 0.00102 e. The van der Waals surface area contributed by atoms with Crippen molar-refractivity contribution in [1.29, 1.82) is 0 Å². The van der Waals surface area contributed by atoms with Gasteiger partial charge in [0, 0.05) is 6.04 Å². The topological polar surface area (TPSA) is 38.0 Å². The Hall–Kier alpha value is -0.0800. The molecule has 58 valence electrons. The van der Waals surface area contributed by atoms with Crippen LogP contribution in [0.4, 0.5) is 0 Å². The van der Waals surface area contributed by atoms with E-state index >= 15 is 0 Å². The third kappa shape index (κ3) is 32.6. The molecule has 0 bridgehead atoms. The van der Waals surface area contributed by atoms with E-state index in [-0.39, 0.29) is 0 Å². The van der Waals surface area contributed by atoms with Crippen molar-refractivity contribution in [1.82, 2.24) is 5.32 Å². The second-order valence-electron chi connectivity index (χ2n) is 2.12. The molecule has 0 aromatic rings. The van der Waals surface area contributed by atoms with E-state index in [1.165, 1.54) is 0 Å². The normalized spacial score (nSPS) is 8.67. The van der Waals surface area contributed by atoms with Gasteiger partial charge < -0.3 is 11.1 Å². The van der Waals surface area contributed by atoms with Gasteiger partial charge in [0.2, 0.25) is 0 Å². The second-order valence-corrected chi connectivity index (χ2v) is 2.12. The molecule has 0 aliphatic carbocycles. The van der Waals surface area contributed by atoms with Crippen molar-refractivity contribution < 1.29 is 0 Å². The van der Waals surface area contributed by atoms with Crippen LogP contribution < -0.4 is 11.1 Å². The molecule has 0 heterocycles. The van der Waals surface area contributed by atoms with Gasteiger partial charge in [0.1, 0.15) is 0 Å². The molecule has 3 N–H and O–H groups in total. The molecule has 0 fully saturated rings. The summed E-state index contributed by atoms with van der Waals surface area (Å²) >= 11 is 0. The monoisotopic (exact) mass is 132 g/mol. The van der Waals surface area contributed by atoms with Gasteiger partial charge in [0.25, 0.3) is 0 Å². The van der Waals surface area contributed by atoms with E-state index in [9.17, 15) is 0 Å². The summed E-state index contributed by atoms with van der Waals surface area (Å²) in [7, 11) is 0. The molecular formula is C7H20N2. The summed E-state index contributed by atoms with van der Waals surface area (Å²) in [4.78, 5) is 0. The highest BCUT2D eigenvalue weighted by Crippen LogP contribution is 1.70. The van der Waals surface area contributed by atoms with Crippen molar-refractivity contribution in [3.63, 3.8) is 0 Å². The fourth-order valence-electron chi connectivity index (χ4n) is 0.408. The van der Waals surface area contributed by atoms with Crippen LogP contribution in [0.2, 0.25) is 0 Å². The lowest BCUT2D eigenvalue weighted by Crippen LogP contribution is -2.21. The summed E-state index contributed by atoms with van der Waals surface area (Å²) in [6.45, 7) is 10.1. The lowest BCUT2D eigenvalue weighted by molar-refractivity contribution is 0.613. The first-order valence-corrected chi connectivity index (χ1v) is 3.62. The van der Waals surface area contributed by atoms with Crippen LogP contribution in [-0.2, 0) is 0 Å². The molecular weight excluding hydrogens is 112 g/mol. The average molecular weight is 132 g/mol. The van der Waals surface area contributed by atoms with E-state index < -0.39 is 0 Å². The van der Waals surface area contributed by atoms with Gasteiger partial charge in [-0.15, -0.1) is 0 Å². The van der Waals surface area contributed by atoms with Crippen molar-refractivity contribution in [2.45, 2.75) is 33.7 Å². The minimum atomic E-state index is 0.648. The lowest BCUT2D eigenvalue weighted by Gasteiger charge is -2.00. The molecule has 0 saturated carbocycles. The minimum absolute atomic E-state index is 0.648. The van der Waals surface area contributed by atoms with Gasteiger partial charge in [-0.3, -0.25) is 0 Å². The van der Waals surface area contributed by atoms with Crippen LogP contribution in [0.15, 0.2) is 0 Å². The van der Waals surface area contributed by atoms with E-state index in [0.29, 0.717) is 6.04 Å². The molecule has 2 heteroatoms.